The van der Waals surface area contributed by atoms with Crippen molar-refractivity contribution in [3.63, 3.8) is 0 Å². The summed E-state index contributed by atoms with van der Waals surface area (Å²) in [5, 5.41) is 5.17. The van der Waals surface area contributed by atoms with E-state index < -0.39 is 0 Å². The Balaban J connectivity index is 1.62. The Morgan fingerprint density at radius 2 is 2.10 bits per heavy atom. The number of ether oxygens (including phenoxy) is 1. The molecule has 3 rings (SSSR count). The summed E-state index contributed by atoms with van der Waals surface area (Å²) < 4.78 is 21.4. The summed E-state index contributed by atoms with van der Waals surface area (Å²) in [7, 11) is 0. The van der Waals surface area contributed by atoms with Gasteiger partial charge in [0.05, 0.1) is 11.7 Å². The lowest BCUT2D eigenvalue weighted by molar-refractivity contribution is 0.283. The predicted octanol–water partition coefficient (Wildman–Crippen LogP) is 4.61. The van der Waals surface area contributed by atoms with Gasteiger partial charge in [-0.3, -0.25) is 4.68 Å². The lowest BCUT2D eigenvalue weighted by atomic mass is 10.2. The average Bonchev–Trinajstić information content (AvgIpc) is 3.16. The van der Waals surface area contributed by atoms with Crippen LogP contribution in [0.25, 0.3) is 0 Å². The highest BCUT2D eigenvalue weighted by molar-refractivity contribution is 9.08. The molecule has 1 aliphatic carbocycles. The highest BCUT2D eigenvalue weighted by atomic mass is 79.9. The molecule has 2 aromatic rings. The van der Waals surface area contributed by atoms with Crippen molar-refractivity contribution in [1.29, 1.82) is 0 Å². The molecule has 1 aromatic heterocycles. The number of benzene rings is 1. The maximum absolute atomic E-state index is 13.8. The number of halogens is 2. The fourth-order valence-corrected chi connectivity index (χ4v) is 3.07. The highest BCUT2D eigenvalue weighted by Crippen LogP contribution is 2.28. The first kappa shape index (κ1) is 14.6. The molecular formula is C16H18BrFN2O. The minimum Gasteiger partial charge on any atom is -0.484 e. The molecule has 0 saturated heterocycles. The number of rotatable bonds is 5. The van der Waals surface area contributed by atoms with Crippen LogP contribution in [0.4, 0.5) is 4.39 Å². The largest absolute Gasteiger partial charge is 0.484 e. The van der Waals surface area contributed by atoms with Crippen molar-refractivity contribution in [3.05, 3.63) is 47.5 Å². The fourth-order valence-electron chi connectivity index (χ4n) is 2.72. The molecule has 0 N–H and O–H groups in total. The molecule has 3 nitrogen and oxygen atoms in total. The third-order valence-electron chi connectivity index (χ3n) is 3.89. The van der Waals surface area contributed by atoms with Crippen molar-refractivity contribution in [2.24, 2.45) is 0 Å². The molecule has 112 valence electrons. The van der Waals surface area contributed by atoms with Crippen LogP contribution in [0.5, 0.6) is 5.75 Å². The van der Waals surface area contributed by atoms with Crippen LogP contribution in [0, 0.1) is 5.82 Å². The fraction of sp³-hybridized carbons (Fsp3) is 0.438. The SMILES string of the molecule is Fc1cc(CBr)ccc1OCc1ccn(C2CCCC2)n1. The van der Waals surface area contributed by atoms with Crippen molar-refractivity contribution in [2.45, 2.75) is 43.7 Å². The molecular weight excluding hydrogens is 335 g/mol. The van der Waals surface area contributed by atoms with Crippen LogP contribution in [0.3, 0.4) is 0 Å². The van der Waals surface area contributed by atoms with Gasteiger partial charge >= 0.3 is 0 Å². The molecule has 1 saturated carbocycles. The molecule has 0 atom stereocenters. The molecule has 5 heteroatoms. The molecule has 1 fully saturated rings. The van der Waals surface area contributed by atoms with Crippen molar-refractivity contribution < 1.29 is 9.13 Å². The third-order valence-corrected chi connectivity index (χ3v) is 4.54. The van der Waals surface area contributed by atoms with Gasteiger partial charge in [-0.1, -0.05) is 34.8 Å². The van der Waals surface area contributed by atoms with Gasteiger partial charge in [0.25, 0.3) is 0 Å². The van der Waals surface area contributed by atoms with Crippen LogP contribution in [0.15, 0.2) is 30.5 Å². The Labute approximate surface area is 132 Å². The van der Waals surface area contributed by atoms with E-state index >= 15 is 0 Å². The van der Waals surface area contributed by atoms with Crippen LogP contribution in [0.1, 0.15) is 43.0 Å². The average molecular weight is 353 g/mol. The second-order valence-corrected chi connectivity index (χ2v) is 5.97. The molecule has 0 amide bonds. The van der Waals surface area contributed by atoms with E-state index in [0.29, 0.717) is 18.0 Å². The molecule has 0 unspecified atom stereocenters. The van der Waals surface area contributed by atoms with Crippen molar-refractivity contribution in [3.8, 4) is 5.75 Å². The van der Waals surface area contributed by atoms with Crippen molar-refractivity contribution in [1.82, 2.24) is 9.78 Å². The Morgan fingerprint density at radius 3 is 2.81 bits per heavy atom. The van der Waals surface area contributed by atoms with Crippen molar-refractivity contribution in [2.75, 3.05) is 0 Å². The maximum Gasteiger partial charge on any atom is 0.165 e. The Bertz CT molecular complexity index is 608. The van der Waals surface area contributed by atoms with E-state index in [2.05, 4.69) is 21.0 Å². The van der Waals surface area contributed by atoms with E-state index in [-0.39, 0.29) is 11.6 Å². The summed E-state index contributed by atoms with van der Waals surface area (Å²) in [4.78, 5) is 0. The Morgan fingerprint density at radius 1 is 1.29 bits per heavy atom. The van der Waals surface area contributed by atoms with Crippen LogP contribution in [0.2, 0.25) is 0 Å². The molecule has 1 aromatic carbocycles. The van der Waals surface area contributed by atoms with E-state index in [1.165, 1.54) is 31.7 Å². The van der Waals surface area contributed by atoms with E-state index in [1.54, 1.807) is 6.07 Å². The van der Waals surface area contributed by atoms with Gasteiger partial charge in [-0.15, -0.1) is 0 Å². The maximum atomic E-state index is 13.8. The van der Waals surface area contributed by atoms with Gasteiger partial charge in [0.2, 0.25) is 0 Å². The van der Waals surface area contributed by atoms with E-state index in [4.69, 9.17) is 4.74 Å². The number of alkyl halides is 1. The monoisotopic (exact) mass is 352 g/mol. The number of nitrogens with zero attached hydrogens (tertiary/aromatic N) is 2. The predicted molar refractivity (Wildman–Crippen MR) is 83.1 cm³/mol. The minimum atomic E-state index is -0.331. The van der Waals surface area contributed by atoms with Gasteiger partial charge in [-0.2, -0.15) is 5.10 Å². The molecule has 0 bridgehead atoms. The Kier molecular flexibility index (Phi) is 4.58. The van der Waals surface area contributed by atoms with Crippen LogP contribution >= 0.6 is 15.9 Å². The minimum absolute atomic E-state index is 0.273. The smallest absolute Gasteiger partial charge is 0.165 e. The molecule has 1 aliphatic rings. The topological polar surface area (TPSA) is 27.1 Å². The van der Waals surface area contributed by atoms with Gasteiger partial charge in [0.1, 0.15) is 6.61 Å². The lowest BCUT2D eigenvalue weighted by Crippen LogP contribution is -2.06. The van der Waals surface area contributed by atoms with Gasteiger partial charge < -0.3 is 4.74 Å². The Hall–Kier alpha value is -1.36. The van der Waals surface area contributed by atoms with Crippen LogP contribution < -0.4 is 4.74 Å². The van der Waals surface area contributed by atoms with Crippen LogP contribution in [-0.4, -0.2) is 9.78 Å². The quantitative estimate of drug-likeness (QED) is 0.734. The van der Waals surface area contributed by atoms with Gasteiger partial charge in [0, 0.05) is 11.5 Å². The first-order chi connectivity index (χ1) is 10.3. The lowest BCUT2D eigenvalue weighted by Gasteiger charge is -2.09. The highest BCUT2D eigenvalue weighted by Gasteiger charge is 2.17. The van der Waals surface area contributed by atoms with Gasteiger partial charge in [-0.05, 0) is 36.6 Å². The zero-order valence-corrected chi connectivity index (χ0v) is 13.4. The second-order valence-electron chi connectivity index (χ2n) is 5.41. The summed E-state index contributed by atoms with van der Waals surface area (Å²) in [6.45, 7) is 0.296. The molecule has 1 heterocycles. The second kappa shape index (κ2) is 6.60. The molecule has 0 spiro atoms. The molecule has 21 heavy (non-hydrogen) atoms. The first-order valence-electron chi connectivity index (χ1n) is 7.27. The zero-order valence-electron chi connectivity index (χ0n) is 11.8. The summed E-state index contributed by atoms with van der Waals surface area (Å²) in [6.07, 6.45) is 6.96. The van der Waals surface area contributed by atoms with Gasteiger partial charge in [0.15, 0.2) is 11.6 Å². The van der Waals surface area contributed by atoms with E-state index in [9.17, 15) is 4.39 Å². The summed E-state index contributed by atoms with van der Waals surface area (Å²) in [6, 6.07) is 7.47. The molecule has 0 aliphatic heterocycles. The van der Waals surface area contributed by atoms with Crippen molar-refractivity contribution >= 4 is 15.9 Å². The molecule has 0 radical (unpaired) electrons. The third kappa shape index (κ3) is 3.46. The standard InChI is InChI=1S/C16H18BrFN2O/c17-10-12-5-6-16(15(18)9-12)21-11-13-7-8-20(19-13)14-3-1-2-4-14/h5-9,14H,1-4,10-11H2. The summed E-state index contributed by atoms with van der Waals surface area (Å²) >= 11 is 3.31. The summed E-state index contributed by atoms with van der Waals surface area (Å²) in [5.41, 5.74) is 1.73. The number of aromatic nitrogens is 2. The first-order valence-corrected chi connectivity index (χ1v) is 8.39. The van der Waals surface area contributed by atoms with E-state index in [0.717, 1.165) is 11.3 Å². The van der Waals surface area contributed by atoms with Crippen LogP contribution in [-0.2, 0) is 11.9 Å². The number of hydrogen-bond donors (Lipinski definition) is 0. The normalized spacial score (nSPS) is 15.5. The van der Waals surface area contributed by atoms with Gasteiger partial charge in [-0.25, -0.2) is 4.39 Å². The number of hydrogen-bond acceptors (Lipinski definition) is 2. The summed E-state index contributed by atoms with van der Waals surface area (Å²) in [5.74, 6) is -0.0581. The zero-order chi connectivity index (χ0) is 14.7. The van der Waals surface area contributed by atoms with E-state index in [1.807, 2.05) is 23.0 Å².